The molecule has 2 aliphatic heterocycles. The van der Waals surface area contributed by atoms with Gasteiger partial charge in [-0.25, -0.2) is 0 Å². The fraction of sp³-hybridized carbons (Fsp3) is 0.440. The average Bonchev–Trinajstić information content (AvgIpc) is 3.25. The highest BCUT2D eigenvalue weighted by molar-refractivity contribution is 5.98. The normalized spacial score (nSPS) is 17.2. The molecule has 2 heterocycles. The monoisotopic (exact) mass is 436 g/mol. The van der Waals surface area contributed by atoms with Crippen LogP contribution in [0.5, 0.6) is 5.75 Å². The second-order valence-electron chi connectivity index (χ2n) is 8.49. The summed E-state index contributed by atoms with van der Waals surface area (Å²) in [5.74, 6) is 0.614. The Morgan fingerprint density at radius 3 is 2.34 bits per heavy atom. The first kappa shape index (κ1) is 22.0. The van der Waals surface area contributed by atoms with Crippen LogP contribution in [0.15, 0.2) is 42.5 Å². The molecule has 0 aliphatic carbocycles. The van der Waals surface area contributed by atoms with Gasteiger partial charge < -0.3 is 25.2 Å². The molecule has 0 bridgehead atoms. The number of ether oxygens (including phenoxy) is 1. The summed E-state index contributed by atoms with van der Waals surface area (Å²) in [6.07, 6.45) is 5.21. The van der Waals surface area contributed by atoms with Gasteiger partial charge in [0.15, 0.2) is 0 Å². The molecule has 2 N–H and O–H groups in total. The average molecular weight is 437 g/mol. The Morgan fingerprint density at radius 1 is 0.969 bits per heavy atom. The number of rotatable bonds is 7. The van der Waals surface area contributed by atoms with Crippen molar-refractivity contribution in [1.29, 1.82) is 0 Å². The third-order valence-electron chi connectivity index (χ3n) is 6.18. The molecule has 32 heavy (non-hydrogen) atoms. The van der Waals surface area contributed by atoms with Gasteiger partial charge in [-0.1, -0.05) is 0 Å². The standard InChI is InChI=1S/C25H32N4O3/c1-18(25(31)27-19-8-11-21(12-9-19)28-14-4-3-5-15-28)26-20-10-13-22(23(17-20)32-2)29-16-6-7-24(29)30/h8-13,17-18,26H,3-7,14-16H2,1-2H3,(H,27,31). The fourth-order valence-corrected chi connectivity index (χ4v) is 4.37. The van der Waals surface area contributed by atoms with Crippen LogP contribution in [0.4, 0.5) is 22.7 Å². The zero-order valence-corrected chi connectivity index (χ0v) is 18.9. The molecule has 170 valence electrons. The zero-order valence-electron chi connectivity index (χ0n) is 18.9. The van der Waals surface area contributed by atoms with Crippen LogP contribution in [0.1, 0.15) is 39.0 Å². The summed E-state index contributed by atoms with van der Waals surface area (Å²) in [5.41, 5.74) is 3.52. The summed E-state index contributed by atoms with van der Waals surface area (Å²) >= 11 is 0. The van der Waals surface area contributed by atoms with Gasteiger partial charge in [0.05, 0.1) is 12.8 Å². The van der Waals surface area contributed by atoms with Crippen molar-refractivity contribution in [2.45, 2.75) is 45.1 Å². The number of nitrogens with one attached hydrogen (secondary N) is 2. The van der Waals surface area contributed by atoms with Gasteiger partial charge in [0.1, 0.15) is 11.8 Å². The second-order valence-corrected chi connectivity index (χ2v) is 8.49. The Kier molecular flexibility index (Phi) is 6.83. The lowest BCUT2D eigenvalue weighted by molar-refractivity contribution is -0.117. The van der Waals surface area contributed by atoms with Crippen LogP contribution in [0.25, 0.3) is 0 Å². The smallest absolute Gasteiger partial charge is 0.246 e. The highest BCUT2D eigenvalue weighted by Crippen LogP contribution is 2.34. The SMILES string of the molecule is COc1cc(NC(C)C(=O)Nc2ccc(N3CCCCC3)cc2)ccc1N1CCCC1=O. The molecular weight excluding hydrogens is 404 g/mol. The number of benzene rings is 2. The van der Waals surface area contributed by atoms with Crippen LogP contribution >= 0.6 is 0 Å². The number of hydrogen-bond donors (Lipinski definition) is 2. The first-order valence-electron chi connectivity index (χ1n) is 11.5. The van der Waals surface area contributed by atoms with E-state index in [2.05, 4.69) is 27.7 Å². The van der Waals surface area contributed by atoms with Crippen molar-refractivity contribution >= 4 is 34.6 Å². The van der Waals surface area contributed by atoms with Gasteiger partial charge in [-0.3, -0.25) is 9.59 Å². The van der Waals surface area contributed by atoms with E-state index < -0.39 is 6.04 Å². The van der Waals surface area contributed by atoms with Crippen molar-refractivity contribution < 1.29 is 14.3 Å². The van der Waals surface area contributed by atoms with E-state index in [9.17, 15) is 9.59 Å². The summed E-state index contributed by atoms with van der Waals surface area (Å²) in [6.45, 7) is 4.72. The summed E-state index contributed by atoms with van der Waals surface area (Å²) in [5, 5.41) is 6.20. The molecule has 0 radical (unpaired) electrons. The van der Waals surface area contributed by atoms with Gasteiger partial charge in [-0.2, -0.15) is 0 Å². The zero-order chi connectivity index (χ0) is 22.5. The van der Waals surface area contributed by atoms with Crippen molar-refractivity contribution in [2.75, 3.05) is 47.2 Å². The van der Waals surface area contributed by atoms with Gasteiger partial charge in [0.25, 0.3) is 0 Å². The van der Waals surface area contributed by atoms with Crippen LogP contribution in [0, 0.1) is 0 Å². The number of carbonyl (C=O) groups is 2. The van der Waals surface area contributed by atoms with E-state index in [1.807, 2.05) is 37.3 Å². The Hall–Kier alpha value is -3.22. The van der Waals surface area contributed by atoms with E-state index in [0.29, 0.717) is 18.7 Å². The van der Waals surface area contributed by atoms with Crippen LogP contribution in [0.2, 0.25) is 0 Å². The third-order valence-corrected chi connectivity index (χ3v) is 6.18. The number of amides is 2. The van der Waals surface area contributed by atoms with E-state index in [0.717, 1.165) is 36.6 Å². The van der Waals surface area contributed by atoms with Crippen molar-refractivity contribution in [3.63, 3.8) is 0 Å². The minimum atomic E-state index is -0.444. The van der Waals surface area contributed by atoms with Gasteiger partial charge in [0.2, 0.25) is 11.8 Å². The number of carbonyl (C=O) groups excluding carboxylic acids is 2. The van der Waals surface area contributed by atoms with E-state index in [-0.39, 0.29) is 11.8 Å². The first-order chi connectivity index (χ1) is 15.5. The van der Waals surface area contributed by atoms with Crippen LogP contribution in [-0.2, 0) is 9.59 Å². The lowest BCUT2D eigenvalue weighted by Crippen LogP contribution is -2.32. The van der Waals surface area contributed by atoms with Crippen LogP contribution in [0.3, 0.4) is 0 Å². The molecule has 0 spiro atoms. The number of anilines is 4. The molecule has 2 aromatic rings. The maximum atomic E-state index is 12.7. The molecule has 2 amide bonds. The minimum absolute atomic E-state index is 0.114. The summed E-state index contributed by atoms with van der Waals surface area (Å²) < 4.78 is 5.51. The molecule has 0 saturated carbocycles. The Bertz CT molecular complexity index is 954. The molecule has 0 aromatic heterocycles. The third kappa shape index (κ3) is 4.98. The van der Waals surface area contributed by atoms with E-state index >= 15 is 0 Å². The van der Waals surface area contributed by atoms with Gasteiger partial charge in [0, 0.05) is 49.2 Å². The van der Waals surface area contributed by atoms with Crippen LogP contribution in [-0.4, -0.2) is 44.6 Å². The van der Waals surface area contributed by atoms with Crippen molar-refractivity contribution in [3.05, 3.63) is 42.5 Å². The Labute approximate surface area is 189 Å². The summed E-state index contributed by atoms with van der Waals surface area (Å²) in [6, 6.07) is 13.2. The molecule has 2 saturated heterocycles. The molecular formula is C25H32N4O3. The first-order valence-corrected chi connectivity index (χ1v) is 11.5. The lowest BCUT2D eigenvalue weighted by atomic mass is 10.1. The highest BCUT2D eigenvalue weighted by atomic mass is 16.5. The fourth-order valence-electron chi connectivity index (χ4n) is 4.37. The molecule has 7 nitrogen and oxygen atoms in total. The molecule has 1 unspecified atom stereocenters. The minimum Gasteiger partial charge on any atom is -0.494 e. The lowest BCUT2D eigenvalue weighted by Gasteiger charge is -2.28. The number of methoxy groups -OCH3 is 1. The van der Waals surface area contributed by atoms with Crippen molar-refractivity contribution in [1.82, 2.24) is 0 Å². The maximum absolute atomic E-state index is 12.7. The van der Waals surface area contributed by atoms with Gasteiger partial charge >= 0.3 is 0 Å². The maximum Gasteiger partial charge on any atom is 0.246 e. The van der Waals surface area contributed by atoms with Crippen LogP contribution < -0.4 is 25.2 Å². The summed E-state index contributed by atoms with van der Waals surface area (Å²) in [4.78, 5) is 28.9. The Morgan fingerprint density at radius 2 is 1.69 bits per heavy atom. The molecule has 4 rings (SSSR count). The number of hydrogen-bond acceptors (Lipinski definition) is 5. The van der Waals surface area contributed by atoms with Gasteiger partial charge in [-0.15, -0.1) is 0 Å². The molecule has 2 aliphatic rings. The van der Waals surface area contributed by atoms with E-state index in [1.165, 1.54) is 24.9 Å². The molecule has 7 heteroatoms. The molecule has 2 aromatic carbocycles. The topological polar surface area (TPSA) is 73.9 Å². The molecule has 1 atom stereocenters. The predicted molar refractivity (Wildman–Crippen MR) is 129 cm³/mol. The van der Waals surface area contributed by atoms with Crippen molar-refractivity contribution in [3.8, 4) is 5.75 Å². The quantitative estimate of drug-likeness (QED) is 0.679. The molecule has 2 fully saturated rings. The number of nitrogens with zero attached hydrogens (tertiary/aromatic N) is 2. The van der Waals surface area contributed by atoms with E-state index in [1.54, 1.807) is 12.0 Å². The van der Waals surface area contributed by atoms with Gasteiger partial charge in [-0.05, 0) is 69.0 Å². The highest BCUT2D eigenvalue weighted by Gasteiger charge is 2.25. The van der Waals surface area contributed by atoms with Crippen molar-refractivity contribution in [2.24, 2.45) is 0 Å². The number of piperidine rings is 1. The van der Waals surface area contributed by atoms with E-state index in [4.69, 9.17) is 4.74 Å². The predicted octanol–water partition coefficient (Wildman–Crippen LogP) is 4.25. The second kappa shape index (κ2) is 9.94. The Balaban J connectivity index is 1.36. The largest absolute Gasteiger partial charge is 0.494 e. The summed E-state index contributed by atoms with van der Waals surface area (Å²) in [7, 11) is 1.59.